The van der Waals surface area contributed by atoms with Crippen molar-refractivity contribution in [3.8, 4) is 33.6 Å². The molecule has 6 heteroatoms. The van der Waals surface area contributed by atoms with Gasteiger partial charge in [0.2, 0.25) is 0 Å². The van der Waals surface area contributed by atoms with Crippen molar-refractivity contribution in [3.05, 3.63) is 78.9 Å². The van der Waals surface area contributed by atoms with E-state index >= 15 is 0 Å². The number of nitrogens with one attached hydrogen (secondary N) is 2. The van der Waals surface area contributed by atoms with Crippen molar-refractivity contribution in [2.45, 2.75) is 19.4 Å². The van der Waals surface area contributed by atoms with Crippen LogP contribution in [-0.2, 0) is 6.54 Å². The highest BCUT2D eigenvalue weighted by Gasteiger charge is 2.16. The molecule has 2 aromatic heterocycles. The highest BCUT2D eigenvalue weighted by Crippen LogP contribution is 2.32. The van der Waals surface area contributed by atoms with Gasteiger partial charge >= 0.3 is 0 Å². The van der Waals surface area contributed by atoms with Gasteiger partial charge in [-0.3, -0.25) is 4.98 Å². The Labute approximate surface area is 194 Å². The minimum atomic E-state index is 0.522. The number of hydrogen-bond donors (Lipinski definition) is 3. The Morgan fingerprint density at radius 2 is 1.58 bits per heavy atom. The first kappa shape index (κ1) is 21.4. The van der Waals surface area contributed by atoms with Gasteiger partial charge in [0.25, 0.3) is 0 Å². The zero-order valence-electron chi connectivity index (χ0n) is 18.6. The Bertz CT molecular complexity index is 1160. The third-order valence-corrected chi connectivity index (χ3v) is 6.28. The Morgan fingerprint density at radius 1 is 0.879 bits per heavy atom. The minimum Gasteiger partial charge on any atom is -0.472 e. The van der Waals surface area contributed by atoms with E-state index in [-0.39, 0.29) is 0 Å². The summed E-state index contributed by atoms with van der Waals surface area (Å²) < 4.78 is 5.23. The summed E-state index contributed by atoms with van der Waals surface area (Å²) >= 11 is 0. The van der Waals surface area contributed by atoms with E-state index in [0.29, 0.717) is 12.5 Å². The standard InChI is InChI=1S/C27H29N5O/c28-15-19-1-3-22(4-2-19)26-27(23-7-5-21(6-8-23)24-11-14-33-18-24)32-25(17-31-26)30-16-20-9-12-29-13-10-20/h1-8,11,14,17-18,20,29H,9-10,12-13,15-16,28H2,(H,30,32). The fraction of sp³-hybridized carbons (Fsp3) is 0.259. The van der Waals surface area contributed by atoms with Gasteiger partial charge in [-0.2, -0.15) is 0 Å². The predicted octanol–water partition coefficient (Wildman–Crippen LogP) is 4.94. The molecule has 0 amide bonds. The van der Waals surface area contributed by atoms with Crippen LogP contribution >= 0.6 is 0 Å². The molecule has 0 aliphatic carbocycles. The first-order valence-electron chi connectivity index (χ1n) is 11.5. The summed E-state index contributed by atoms with van der Waals surface area (Å²) in [6, 6.07) is 18.6. The summed E-state index contributed by atoms with van der Waals surface area (Å²) in [5.41, 5.74) is 12.8. The molecule has 0 radical (unpaired) electrons. The van der Waals surface area contributed by atoms with E-state index in [1.165, 1.54) is 12.8 Å². The zero-order valence-corrected chi connectivity index (χ0v) is 18.6. The van der Waals surface area contributed by atoms with Gasteiger partial charge in [0.15, 0.2) is 0 Å². The highest BCUT2D eigenvalue weighted by molar-refractivity contribution is 5.80. The van der Waals surface area contributed by atoms with Crippen molar-refractivity contribution >= 4 is 5.82 Å². The van der Waals surface area contributed by atoms with Crippen LogP contribution in [0.1, 0.15) is 18.4 Å². The second-order valence-electron chi connectivity index (χ2n) is 8.52. The van der Waals surface area contributed by atoms with Crippen molar-refractivity contribution in [1.82, 2.24) is 15.3 Å². The van der Waals surface area contributed by atoms with Crippen molar-refractivity contribution in [1.29, 1.82) is 0 Å². The van der Waals surface area contributed by atoms with Gasteiger partial charge in [0.05, 0.1) is 30.1 Å². The summed E-state index contributed by atoms with van der Waals surface area (Å²) in [7, 11) is 0. The maximum atomic E-state index is 5.78. The molecule has 0 unspecified atom stereocenters. The number of rotatable bonds is 7. The van der Waals surface area contributed by atoms with Gasteiger partial charge in [0, 0.05) is 29.8 Å². The number of hydrogen-bond acceptors (Lipinski definition) is 6. The van der Waals surface area contributed by atoms with E-state index in [2.05, 4.69) is 47.0 Å². The Kier molecular flexibility index (Phi) is 6.46. The van der Waals surface area contributed by atoms with Gasteiger partial charge in [-0.1, -0.05) is 48.5 Å². The molecule has 5 rings (SSSR count). The number of anilines is 1. The maximum Gasteiger partial charge on any atom is 0.145 e. The lowest BCUT2D eigenvalue weighted by Crippen LogP contribution is -2.31. The van der Waals surface area contributed by atoms with E-state index in [9.17, 15) is 0 Å². The van der Waals surface area contributed by atoms with Crippen LogP contribution in [0.25, 0.3) is 33.6 Å². The predicted molar refractivity (Wildman–Crippen MR) is 133 cm³/mol. The second-order valence-corrected chi connectivity index (χ2v) is 8.52. The minimum absolute atomic E-state index is 0.522. The molecule has 3 heterocycles. The first-order chi connectivity index (χ1) is 16.3. The van der Waals surface area contributed by atoms with Crippen LogP contribution in [0.3, 0.4) is 0 Å². The molecule has 33 heavy (non-hydrogen) atoms. The van der Waals surface area contributed by atoms with Crippen LogP contribution in [0.5, 0.6) is 0 Å². The topological polar surface area (TPSA) is 89.0 Å². The lowest BCUT2D eigenvalue weighted by atomic mass is 9.98. The molecule has 168 valence electrons. The fourth-order valence-corrected chi connectivity index (χ4v) is 4.27. The van der Waals surface area contributed by atoms with Gasteiger partial charge in [0.1, 0.15) is 5.82 Å². The maximum absolute atomic E-state index is 5.78. The van der Waals surface area contributed by atoms with Crippen molar-refractivity contribution in [2.24, 2.45) is 11.7 Å². The number of benzene rings is 2. The van der Waals surface area contributed by atoms with Crippen LogP contribution in [0.4, 0.5) is 5.82 Å². The monoisotopic (exact) mass is 439 g/mol. The van der Waals surface area contributed by atoms with Crippen LogP contribution in [0.2, 0.25) is 0 Å². The summed E-state index contributed by atoms with van der Waals surface area (Å²) in [5.74, 6) is 1.47. The Balaban J connectivity index is 1.47. The van der Waals surface area contributed by atoms with E-state index in [0.717, 1.165) is 64.7 Å². The van der Waals surface area contributed by atoms with Gasteiger partial charge < -0.3 is 20.8 Å². The number of nitrogens with zero attached hydrogens (tertiary/aromatic N) is 2. The molecule has 1 saturated heterocycles. The molecule has 1 aliphatic heterocycles. The molecule has 4 aromatic rings. The van der Waals surface area contributed by atoms with Gasteiger partial charge in [-0.05, 0) is 49.0 Å². The number of nitrogens with two attached hydrogens (primary N) is 1. The van der Waals surface area contributed by atoms with Crippen LogP contribution in [-0.4, -0.2) is 29.6 Å². The average Bonchev–Trinajstić information content (AvgIpc) is 3.43. The summed E-state index contributed by atoms with van der Waals surface area (Å²) in [5, 5.41) is 6.95. The lowest BCUT2D eigenvalue weighted by Gasteiger charge is -2.23. The van der Waals surface area contributed by atoms with E-state index in [1.54, 1.807) is 12.5 Å². The Morgan fingerprint density at radius 3 is 2.27 bits per heavy atom. The van der Waals surface area contributed by atoms with E-state index in [1.807, 2.05) is 24.4 Å². The van der Waals surface area contributed by atoms with Crippen molar-refractivity contribution in [2.75, 3.05) is 25.0 Å². The molecular formula is C27H29N5O. The Hall–Kier alpha value is -3.48. The molecular weight excluding hydrogens is 410 g/mol. The van der Waals surface area contributed by atoms with Crippen LogP contribution in [0, 0.1) is 5.92 Å². The highest BCUT2D eigenvalue weighted by atomic mass is 16.3. The molecule has 1 aliphatic rings. The van der Waals surface area contributed by atoms with Crippen molar-refractivity contribution < 1.29 is 4.42 Å². The number of furan rings is 1. The molecule has 0 spiro atoms. The molecule has 0 bridgehead atoms. The molecule has 4 N–H and O–H groups in total. The average molecular weight is 440 g/mol. The largest absolute Gasteiger partial charge is 0.472 e. The SMILES string of the molecule is NCc1ccc(-c2ncc(NCC3CCNCC3)nc2-c2ccc(-c3ccoc3)cc2)cc1. The number of piperidine rings is 1. The zero-order chi connectivity index (χ0) is 22.5. The molecule has 0 atom stereocenters. The first-order valence-corrected chi connectivity index (χ1v) is 11.5. The smallest absolute Gasteiger partial charge is 0.145 e. The van der Waals surface area contributed by atoms with E-state index in [4.69, 9.17) is 20.1 Å². The lowest BCUT2D eigenvalue weighted by molar-refractivity contribution is 0.389. The fourth-order valence-electron chi connectivity index (χ4n) is 4.27. The molecule has 6 nitrogen and oxygen atoms in total. The third kappa shape index (κ3) is 4.97. The van der Waals surface area contributed by atoms with Crippen molar-refractivity contribution in [3.63, 3.8) is 0 Å². The summed E-state index contributed by atoms with van der Waals surface area (Å²) in [6.07, 6.45) is 7.67. The normalized spacial score (nSPS) is 14.3. The third-order valence-electron chi connectivity index (χ3n) is 6.28. The quantitative estimate of drug-likeness (QED) is 0.378. The molecule has 2 aromatic carbocycles. The molecule has 1 fully saturated rings. The van der Waals surface area contributed by atoms with Gasteiger partial charge in [-0.15, -0.1) is 0 Å². The van der Waals surface area contributed by atoms with E-state index < -0.39 is 0 Å². The number of aromatic nitrogens is 2. The molecule has 0 saturated carbocycles. The summed E-state index contributed by atoms with van der Waals surface area (Å²) in [6.45, 7) is 3.61. The summed E-state index contributed by atoms with van der Waals surface area (Å²) in [4.78, 5) is 9.84. The van der Waals surface area contributed by atoms with Crippen LogP contribution < -0.4 is 16.4 Å². The second kappa shape index (κ2) is 9.98. The van der Waals surface area contributed by atoms with Gasteiger partial charge in [-0.25, -0.2) is 4.98 Å². The van der Waals surface area contributed by atoms with Crippen LogP contribution in [0.15, 0.2) is 77.7 Å².